The molecular weight excluding hydrogens is 448 g/mol. The van der Waals surface area contributed by atoms with Gasteiger partial charge in [0.25, 0.3) is 5.91 Å². The molecule has 2 aromatic heterocycles. The summed E-state index contributed by atoms with van der Waals surface area (Å²) >= 11 is 0. The van der Waals surface area contributed by atoms with Crippen molar-refractivity contribution in [2.24, 2.45) is 0 Å². The van der Waals surface area contributed by atoms with E-state index in [4.69, 9.17) is 0 Å². The minimum Gasteiger partial charge on any atom is -0.347 e. The van der Waals surface area contributed by atoms with Crippen LogP contribution in [0.1, 0.15) is 69.6 Å². The van der Waals surface area contributed by atoms with Crippen LogP contribution in [0, 0.1) is 13.8 Å². The van der Waals surface area contributed by atoms with Crippen molar-refractivity contribution in [2.75, 3.05) is 5.75 Å². The monoisotopic (exact) mass is 476 g/mol. The van der Waals surface area contributed by atoms with Gasteiger partial charge < -0.3 is 5.32 Å². The smallest absolute Gasteiger partial charge is 0.270 e. The Morgan fingerprint density at radius 2 is 1.82 bits per heavy atom. The van der Waals surface area contributed by atoms with Gasteiger partial charge in [-0.1, -0.05) is 19.1 Å². The second-order valence-electron chi connectivity index (χ2n) is 8.75. The zero-order valence-electron chi connectivity index (χ0n) is 19.8. The summed E-state index contributed by atoms with van der Waals surface area (Å²) in [4.78, 5) is 40.3. The molecule has 0 saturated heterocycles. The summed E-state index contributed by atoms with van der Waals surface area (Å²) in [6, 6.07) is 12.5. The molecule has 1 aliphatic carbocycles. The van der Waals surface area contributed by atoms with Crippen molar-refractivity contribution < 1.29 is 13.8 Å². The third kappa shape index (κ3) is 4.68. The number of rotatable bonds is 6. The third-order valence-electron chi connectivity index (χ3n) is 6.25. The molecule has 1 amide bonds. The first-order valence-electron chi connectivity index (χ1n) is 11.3. The van der Waals surface area contributed by atoms with E-state index in [0.717, 1.165) is 21.8 Å². The van der Waals surface area contributed by atoms with Crippen LogP contribution in [0.15, 0.2) is 47.4 Å². The van der Waals surface area contributed by atoms with Gasteiger partial charge in [0.2, 0.25) is 0 Å². The first-order valence-corrected chi connectivity index (χ1v) is 12.7. The molecule has 1 aliphatic rings. The lowest BCUT2D eigenvalue weighted by molar-refractivity contribution is 0.0867. The van der Waals surface area contributed by atoms with Crippen LogP contribution in [0.2, 0.25) is 0 Å². The molecule has 0 radical (unpaired) electrons. The highest BCUT2D eigenvalue weighted by molar-refractivity contribution is 7.85. The maximum Gasteiger partial charge on any atom is 0.270 e. The Labute approximate surface area is 201 Å². The van der Waals surface area contributed by atoms with E-state index in [2.05, 4.69) is 20.3 Å². The van der Waals surface area contributed by atoms with Crippen molar-refractivity contribution in [3.8, 4) is 0 Å². The lowest BCUT2D eigenvalue weighted by Gasteiger charge is -2.32. The zero-order chi connectivity index (χ0) is 24.5. The molecule has 0 saturated carbocycles. The second kappa shape index (κ2) is 9.54. The van der Waals surface area contributed by atoms with Crippen LogP contribution in [0.3, 0.4) is 0 Å². The summed E-state index contributed by atoms with van der Waals surface area (Å²) in [7, 11) is -0.998. The number of carbonyl (C=O) groups excluding carboxylic acids is 2. The van der Waals surface area contributed by atoms with E-state index in [1.165, 1.54) is 0 Å². The predicted octanol–water partition coefficient (Wildman–Crippen LogP) is 3.63. The quantitative estimate of drug-likeness (QED) is 0.583. The Morgan fingerprint density at radius 1 is 1.09 bits per heavy atom. The SMILES string of the molecule is CCS(=O)c1ccc(CNC(=O)c2ccc3c(n2)CCC(C)(c2cc(C)nc(C)n2)C3=O)cc1. The Hall–Kier alpha value is -3.26. The van der Waals surface area contributed by atoms with E-state index < -0.39 is 16.2 Å². The van der Waals surface area contributed by atoms with E-state index >= 15 is 0 Å². The fourth-order valence-corrected chi connectivity index (χ4v) is 5.02. The number of hydrogen-bond acceptors (Lipinski definition) is 6. The van der Waals surface area contributed by atoms with Gasteiger partial charge in [-0.25, -0.2) is 15.0 Å². The highest BCUT2D eigenvalue weighted by Crippen LogP contribution is 2.37. The average Bonchev–Trinajstić information content (AvgIpc) is 2.84. The van der Waals surface area contributed by atoms with Gasteiger partial charge in [-0.2, -0.15) is 0 Å². The number of pyridine rings is 1. The molecule has 176 valence electrons. The largest absolute Gasteiger partial charge is 0.347 e. The molecule has 2 unspecified atom stereocenters. The fraction of sp³-hybridized carbons (Fsp3) is 0.346. The Balaban J connectivity index is 1.48. The summed E-state index contributed by atoms with van der Waals surface area (Å²) in [6.45, 7) is 7.85. The summed E-state index contributed by atoms with van der Waals surface area (Å²) in [5, 5.41) is 2.87. The first kappa shape index (κ1) is 23.9. The number of hydrogen-bond donors (Lipinski definition) is 1. The standard InChI is InChI=1S/C26H28N4O3S/c1-5-34(33)19-8-6-18(7-9-19)15-27-25(32)22-11-10-20-21(30-22)12-13-26(4,24(20)31)23-14-16(2)28-17(3)29-23/h6-11,14H,5,12-13,15H2,1-4H3,(H,27,32). The molecule has 2 atom stereocenters. The number of nitrogens with one attached hydrogen (secondary N) is 1. The van der Waals surface area contributed by atoms with Gasteiger partial charge in [-0.3, -0.25) is 13.8 Å². The topological polar surface area (TPSA) is 102 Å². The van der Waals surface area contributed by atoms with E-state index in [0.29, 0.717) is 42.2 Å². The molecular formula is C26H28N4O3S. The van der Waals surface area contributed by atoms with Crippen molar-refractivity contribution in [2.45, 2.75) is 57.4 Å². The number of benzene rings is 1. The van der Waals surface area contributed by atoms with Crippen LogP contribution in [-0.4, -0.2) is 36.6 Å². The maximum atomic E-state index is 13.4. The molecule has 4 rings (SSSR count). The highest BCUT2D eigenvalue weighted by Gasteiger charge is 2.42. The van der Waals surface area contributed by atoms with Crippen molar-refractivity contribution in [3.05, 3.63) is 82.2 Å². The van der Waals surface area contributed by atoms with Gasteiger partial charge in [-0.05, 0) is 69.5 Å². The molecule has 0 spiro atoms. The average molecular weight is 477 g/mol. The number of Topliss-reactive ketones (excluding diaryl/α,β-unsaturated/α-hetero) is 1. The first-order chi connectivity index (χ1) is 16.2. The maximum absolute atomic E-state index is 13.4. The van der Waals surface area contributed by atoms with Gasteiger partial charge in [0, 0.05) is 28.5 Å². The number of aryl methyl sites for hydroxylation is 3. The second-order valence-corrected chi connectivity index (χ2v) is 10.5. The number of amides is 1. The van der Waals surface area contributed by atoms with E-state index in [9.17, 15) is 13.8 Å². The molecule has 3 aromatic rings. The minimum atomic E-state index is -0.998. The van der Waals surface area contributed by atoms with Gasteiger partial charge >= 0.3 is 0 Å². The summed E-state index contributed by atoms with van der Waals surface area (Å²) in [6.07, 6.45) is 1.15. The van der Waals surface area contributed by atoms with Gasteiger partial charge in [0.05, 0.1) is 27.6 Å². The highest BCUT2D eigenvalue weighted by atomic mass is 32.2. The van der Waals surface area contributed by atoms with Gasteiger partial charge in [0.1, 0.15) is 11.5 Å². The van der Waals surface area contributed by atoms with Crippen LogP contribution in [-0.2, 0) is 29.2 Å². The number of carbonyl (C=O) groups is 2. The molecule has 0 bridgehead atoms. The number of aromatic nitrogens is 3. The third-order valence-corrected chi connectivity index (χ3v) is 7.57. The summed E-state index contributed by atoms with van der Waals surface area (Å²) in [5.41, 5.74) is 3.19. The summed E-state index contributed by atoms with van der Waals surface area (Å²) in [5.74, 6) is 0.885. The van der Waals surface area contributed by atoms with Crippen LogP contribution < -0.4 is 5.32 Å². The van der Waals surface area contributed by atoms with Crippen molar-refractivity contribution >= 4 is 22.5 Å². The van der Waals surface area contributed by atoms with Crippen LogP contribution in [0.25, 0.3) is 0 Å². The molecule has 2 heterocycles. The minimum absolute atomic E-state index is 0.0322. The van der Waals surface area contributed by atoms with Crippen molar-refractivity contribution in [1.82, 2.24) is 20.3 Å². The Kier molecular flexibility index (Phi) is 6.70. The van der Waals surface area contributed by atoms with Crippen LogP contribution in [0.4, 0.5) is 0 Å². The van der Waals surface area contributed by atoms with Crippen molar-refractivity contribution in [1.29, 1.82) is 0 Å². The van der Waals surface area contributed by atoms with E-state index in [-0.39, 0.29) is 17.4 Å². The fourth-order valence-electron chi connectivity index (χ4n) is 4.25. The predicted molar refractivity (Wildman–Crippen MR) is 130 cm³/mol. The summed E-state index contributed by atoms with van der Waals surface area (Å²) < 4.78 is 11.9. The number of ketones is 1. The van der Waals surface area contributed by atoms with Gasteiger partial charge in [0.15, 0.2) is 5.78 Å². The van der Waals surface area contributed by atoms with Gasteiger partial charge in [-0.15, -0.1) is 0 Å². The molecule has 0 fully saturated rings. The number of fused-ring (bicyclic) bond motifs is 1. The van der Waals surface area contributed by atoms with Crippen LogP contribution in [0.5, 0.6) is 0 Å². The molecule has 34 heavy (non-hydrogen) atoms. The molecule has 1 aromatic carbocycles. The van der Waals surface area contributed by atoms with Crippen LogP contribution >= 0.6 is 0 Å². The molecule has 7 nitrogen and oxygen atoms in total. The molecule has 1 N–H and O–H groups in total. The lowest BCUT2D eigenvalue weighted by atomic mass is 9.70. The number of nitrogens with zero attached hydrogens (tertiary/aromatic N) is 3. The lowest BCUT2D eigenvalue weighted by Crippen LogP contribution is -2.39. The Bertz CT molecular complexity index is 1270. The molecule has 8 heteroatoms. The van der Waals surface area contributed by atoms with E-state index in [1.807, 2.05) is 58.0 Å². The normalized spacial score (nSPS) is 18.3. The molecule has 0 aliphatic heterocycles. The van der Waals surface area contributed by atoms with E-state index in [1.54, 1.807) is 12.1 Å². The Morgan fingerprint density at radius 3 is 2.50 bits per heavy atom. The van der Waals surface area contributed by atoms with Crippen molar-refractivity contribution in [3.63, 3.8) is 0 Å². The zero-order valence-corrected chi connectivity index (χ0v) is 20.7.